The van der Waals surface area contributed by atoms with Gasteiger partial charge in [0.1, 0.15) is 16.5 Å². The molecule has 3 aromatic heterocycles. The largest absolute Gasteiger partial charge is 0.320 e. The molecule has 7 heteroatoms. The molecule has 0 aromatic carbocycles. The molecule has 3 heterocycles. The topological polar surface area (TPSA) is 59.3 Å². The van der Waals surface area contributed by atoms with Crippen LogP contribution in [0.2, 0.25) is 5.15 Å². The number of aromatic nitrogens is 3. The Morgan fingerprint density at radius 3 is 2.86 bits per heavy atom. The van der Waals surface area contributed by atoms with Crippen LogP contribution in [0, 0.1) is 13.8 Å². The highest BCUT2D eigenvalue weighted by molar-refractivity contribution is 9.10. The summed E-state index contributed by atoms with van der Waals surface area (Å²) in [6.07, 6.45) is 3.37. The first-order valence-corrected chi connectivity index (χ1v) is 7.70. The minimum Gasteiger partial charge on any atom is -0.320 e. The van der Waals surface area contributed by atoms with E-state index in [1.807, 2.05) is 26.1 Å². The molecule has 112 valence electrons. The number of fused-ring (bicyclic) bond motifs is 1. The zero-order valence-corrected chi connectivity index (χ0v) is 14.2. The smallest absolute Gasteiger partial charge is 0.274 e. The highest BCUT2D eigenvalue weighted by Crippen LogP contribution is 2.21. The molecular formula is C15H12BrClN4O. The fourth-order valence-corrected chi connectivity index (χ4v) is 3.05. The van der Waals surface area contributed by atoms with Gasteiger partial charge in [-0.3, -0.25) is 9.20 Å². The van der Waals surface area contributed by atoms with Crippen molar-refractivity contribution in [1.82, 2.24) is 14.4 Å². The highest BCUT2D eigenvalue weighted by atomic mass is 79.9. The van der Waals surface area contributed by atoms with Crippen molar-refractivity contribution in [3.05, 3.63) is 57.2 Å². The number of pyridine rings is 2. The van der Waals surface area contributed by atoms with Crippen LogP contribution in [-0.4, -0.2) is 20.3 Å². The van der Waals surface area contributed by atoms with Gasteiger partial charge in [-0.2, -0.15) is 0 Å². The molecule has 0 saturated heterocycles. The summed E-state index contributed by atoms with van der Waals surface area (Å²) in [5.74, 6) is -0.246. The van der Waals surface area contributed by atoms with E-state index in [9.17, 15) is 4.79 Å². The Morgan fingerprint density at radius 2 is 2.14 bits per heavy atom. The molecule has 0 spiro atoms. The minimum atomic E-state index is -0.246. The third-order valence-electron chi connectivity index (χ3n) is 3.24. The first kappa shape index (κ1) is 15.0. The van der Waals surface area contributed by atoms with E-state index < -0.39 is 0 Å². The van der Waals surface area contributed by atoms with Gasteiger partial charge >= 0.3 is 0 Å². The number of aryl methyl sites for hydroxylation is 2. The predicted octanol–water partition coefficient (Wildman–Crippen LogP) is 4.01. The molecule has 5 nitrogen and oxygen atoms in total. The third-order valence-corrected chi connectivity index (χ3v) is 3.88. The van der Waals surface area contributed by atoms with Gasteiger partial charge in [-0.25, -0.2) is 9.97 Å². The van der Waals surface area contributed by atoms with Crippen LogP contribution in [0.15, 0.2) is 35.1 Å². The van der Waals surface area contributed by atoms with Crippen LogP contribution in [0.25, 0.3) is 5.65 Å². The normalized spacial score (nSPS) is 10.9. The summed E-state index contributed by atoms with van der Waals surface area (Å²) in [4.78, 5) is 21.0. The number of carbonyl (C=O) groups excluding carboxylic acids is 1. The fraction of sp³-hybridized carbons (Fsp3) is 0.133. The summed E-state index contributed by atoms with van der Waals surface area (Å²) >= 11 is 9.28. The van der Waals surface area contributed by atoms with Gasteiger partial charge in [-0.1, -0.05) is 11.6 Å². The number of hydrogen-bond donors (Lipinski definition) is 1. The Morgan fingerprint density at radius 1 is 1.36 bits per heavy atom. The summed E-state index contributed by atoms with van der Waals surface area (Å²) in [5.41, 5.74) is 3.50. The number of halogens is 2. The van der Waals surface area contributed by atoms with Gasteiger partial charge < -0.3 is 5.32 Å². The molecule has 0 aliphatic heterocycles. The molecule has 0 atom stereocenters. The van der Waals surface area contributed by atoms with Gasteiger partial charge in [0.25, 0.3) is 5.91 Å². The quantitative estimate of drug-likeness (QED) is 0.684. The molecule has 3 rings (SSSR count). The highest BCUT2D eigenvalue weighted by Gasteiger charge is 2.18. The standard InChI is InChI=1S/C15H12BrClN4O/c1-8-5-10(16)7-21-13(9(2)19-14(8)21)15(22)20-11-3-4-18-12(17)6-11/h3-7H,1-2H3,(H,18,20,22). The lowest BCUT2D eigenvalue weighted by Gasteiger charge is -2.07. The molecule has 0 aliphatic rings. The minimum absolute atomic E-state index is 0.246. The van der Waals surface area contributed by atoms with Crippen LogP contribution >= 0.6 is 27.5 Å². The summed E-state index contributed by atoms with van der Waals surface area (Å²) in [6, 6.07) is 5.24. The molecule has 0 bridgehead atoms. The first-order valence-electron chi connectivity index (χ1n) is 6.53. The molecule has 3 aromatic rings. The second kappa shape index (κ2) is 5.70. The Bertz CT molecular complexity index is 891. The van der Waals surface area contributed by atoms with Gasteiger partial charge in [0.15, 0.2) is 0 Å². The van der Waals surface area contributed by atoms with E-state index in [0.29, 0.717) is 22.2 Å². The Kier molecular flexibility index (Phi) is 3.88. The lowest BCUT2D eigenvalue weighted by Crippen LogP contribution is -2.15. The van der Waals surface area contributed by atoms with Crippen molar-refractivity contribution in [2.24, 2.45) is 0 Å². The number of carbonyl (C=O) groups is 1. The van der Waals surface area contributed by atoms with Crippen molar-refractivity contribution < 1.29 is 4.79 Å². The van der Waals surface area contributed by atoms with Crippen LogP contribution in [0.1, 0.15) is 21.7 Å². The van der Waals surface area contributed by atoms with Crippen molar-refractivity contribution in [1.29, 1.82) is 0 Å². The molecular weight excluding hydrogens is 368 g/mol. The lowest BCUT2D eigenvalue weighted by atomic mass is 10.3. The average molecular weight is 380 g/mol. The lowest BCUT2D eigenvalue weighted by molar-refractivity contribution is 0.102. The van der Waals surface area contributed by atoms with Crippen LogP contribution in [0.3, 0.4) is 0 Å². The monoisotopic (exact) mass is 378 g/mol. The van der Waals surface area contributed by atoms with E-state index in [1.165, 1.54) is 0 Å². The SMILES string of the molecule is Cc1nc2c(C)cc(Br)cn2c1C(=O)Nc1ccnc(Cl)c1. The predicted molar refractivity (Wildman–Crippen MR) is 89.6 cm³/mol. The van der Waals surface area contributed by atoms with E-state index in [2.05, 4.69) is 31.2 Å². The van der Waals surface area contributed by atoms with Crippen LogP contribution in [-0.2, 0) is 0 Å². The molecule has 0 fully saturated rings. The third kappa shape index (κ3) is 2.71. The van der Waals surface area contributed by atoms with Crippen LogP contribution in [0.4, 0.5) is 5.69 Å². The average Bonchev–Trinajstić information content (AvgIpc) is 2.75. The van der Waals surface area contributed by atoms with E-state index >= 15 is 0 Å². The van der Waals surface area contributed by atoms with Gasteiger partial charge in [0.2, 0.25) is 0 Å². The maximum absolute atomic E-state index is 12.6. The molecule has 22 heavy (non-hydrogen) atoms. The van der Waals surface area contributed by atoms with Crippen molar-refractivity contribution in [3.63, 3.8) is 0 Å². The number of nitrogens with one attached hydrogen (secondary N) is 1. The molecule has 1 amide bonds. The number of imidazole rings is 1. The molecule has 0 saturated carbocycles. The maximum atomic E-state index is 12.6. The summed E-state index contributed by atoms with van der Waals surface area (Å²) in [6.45, 7) is 3.77. The molecule has 1 N–H and O–H groups in total. The van der Waals surface area contributed by atoms with E-state index in [-0.39, 0.29) is 5.91 Å². The van der Waals surface area contributed by atoms with Gasteiger partial charge in [-0.15, -0.1) is 0 Å². The van der Waals surface area contributed by atoms with Gasteiger partial charge in [-0.05, 0) is 53.5 Å². The zero-order chi connectivity index (χ0) is 15.9. The second-order valence-electron chi connectivity index (χ2n) is 4.90. The zero-order valence-electron chi connectivity index (χ0n) is 11.9. The van der Waals surface area contributed by atoms with E-state index in [0.717, 1.165) is 15.7 Å². The van der Waals surface area contributed by atoms with Crippen molar-refractivity contribution in [2.75, 3.05) is 5.32 Å². The summed E-state index contributed by atoms with van der Waals surface area (Å²) in [5, 5.41) is 3.14. The second-order valence-corrected chi connectivity index (χ2v) is 6.21. The maximum Gasteiger partial charge on any atom is 0.274 e. The fourth-order valence-electron chi connectivity index (χ4n) is 2.33. The number of amides is 1. The van der Waals surface area contributed by atoms with E-state index in [1.54, 1.807) is 22.7 Å². The molecule has 0 radical (unpaired) electrons. The number of rotatable bonds is 2. The first-order chi connectivity index (χ1) is 10.5. The van der Waals surface area contributed by atoms with Crippen molar-refractivity contribution in [2.45, 2.75) is 13.8 Å². The molecule has 0 unspecified atom stereocenters. The van der Waals surface area contributed by atoms with Crippen molar-refractivity contribution >= 4 is 44.8 Å². The Hall–Kier alpha value is -1.92. The van der Waals surface area contributed by atoms with Gasteiger partial charge in [0.05, 0.1) is 5.69 Å². The Labute approximate surface area is 140 Å². The summed E-state index contributed by atoms with van der Waals surface area (Å²) < 4.78 is 2.67. The van der Waals surface area contributed by atoms with Crippen LogP contribution in [0.5, 0.6) is 0 Å². The summed E-state index contributed by atoms with van der Waals surface area (Å²) in [7, 11) is 0. The van der Waals surface area contributed by atoms with E-state index in [4.69, 9.17) is 11.6 Å². The number of anilines is 1. The number of hydrogen-bond acceptors (Lipinski definition) is 3. The number of nitrogens with zero attached hydrogens (tertiary/aromatic N) is 3. The van der Waals surface area contributed by atoms with Crippen molar-refractivity contribution in [3.8, 4) is 0 Å². The van der Waals surface area contributed by atoms with Gasteiger partial charge in [0, 0.05) is 22.6 Å². The molecule has 0 aliphatic carbocycles. The Balaban J connectivity index is 2.06. The van der Waals surface area contributed by atoms with Crippen LogP contribution < -0.4 is 5.32 Å².